The standard InChI is InChI=1S/C17H19NO3/c1-2-10-3-7-13(8-4-10)18-16(19)14-11-5-6-12(9-11)15(14)17(20)21/h3-8,11-12,14-15H,2,9H2,1H3,(H,18,19)(H,20,21). The van der Waals surface area contributed by atoms with E-state index in [1.54, 1.807) is 0 Å². The molecule has 0 aliphatic heterocycles. The molecule has 110 valence electrons. The van der Waals surface area contributed by atoms with Gasteiger partial charge in [-0.15, -0.1) is 0 Å². The van der Waals surface area contributed by atoms with Gasteiger partial charge in [0.15, 0.2) is 0 Å². The van der Waals surface area contributed by atoms with Gasteiger partial charge in [-0.05, 0) is 42.4 Å². The number of carbonyl (C=O) groups is 2. The van der Waals surface area contributed by atoms with Crippen LogP contribution >= 0.6 is 0 Å². The minimum absolute atomic E-state index is 0.00529. The molecule has 4 atom stereocenters. The van der Waals surface area contributed by atoms with Gasteiger partial charge >= 0.3 is 5.97 Å². The molecule has 1 aromatic rings. The third-order valence-electron chi connectivity index (χ3n) is 4.68. The van der Waals surface area contributed by atoms with Gasteiger partial charge in [-0.2, -0.15) is 0 Å². The van der Waals surface area contributed by atoms with Crippen LogP contribution in [0.4, 0.5) is 5.69 Å². The van der Waals surface area contributed by atoms with E-state index in [-0.39, 0.29) is 17.7 Å². The van der Waals surface area contributed by atoms with Gasteiger partial charge < -0.3 is 10.4 Å². The number of fused-ring (bicyclic) bond motifs is 2. The van der Waals surface area contributed by atoms with Gasteiger partial charge in [-0.25, -0.2) is 0 Å². The van der Waals surface area contributed by atoms with Crippen molar-refractivity contribution in [1.82, 2.24) is 0 Å². The maximum absolute atomic E-state index is 12.5. The molecule has 2 bridgehead atoms. The average Bonchev–Trinajstić information content (AvgIpc) is 3.08. The van der Waals surface area contributed by atoms with Crippen LogP contribution in [-0.4, -0.2) is 17.0 Å². The molecule has 0 heterocycles. The van der Waals surface area contributed by atoms with Crippen LogP contribution in [0.2, 0.25) is 0 Å². The molecule has 0 saturated heterocycles. The lowest BCUT2D eigenvalue weighted by Gasteiger charge is -2.23. The quantitative estimate of drug-likeness (QED) is 0.836. The molecule has 4 heteroatoms. The second kappa shape index (κ2) is 5.35. The van der Waals surface area contributed by atoms with Crippen molar-refractivity contribution in [2.45, 2.75) is 19.8 Å². The number of anilines is 1. The molecule has 1 fully saturated rings. The van der Waals surface area contributed by atoms with Crippen LogP contribution in [0.5, 0.6) is 0 Å². The number of amides is 1. The van der Waals surface area contributed by atoms with E-state index >= 15 is 0 Å². The number of carboxylic acids is 1. The summed E-state index contributed by atoms with van der Waals surface area (Å²) in [7, 11) is 0. The third kappa shape index (κ3) is 2.46. The number of aliphatic carboxylic acids is 1. The summed E-state index contributed by atoms with van der Waals surface area (Å²) in [6, 6.07) is 7.70. The highest BCUT2D eigenvalue weighted by Gasteiger charge is 2.51. The van der Waals surface area contributed by atoms with Crippen LogP contribution in [-0.2, 0) is 16.0 Å². The van der Waals surface area contributed by atoms with Crippen molar-refractivity contribution >= 4 is 17.6 Å². The minimum Gasteiger partial charge on any atom is -0.481 e. The lowest BCUT2D eigenvalue weighted by atomic mass is 9.82. The van der Waals surface area contributed by atoms with Crippen LogP contribution in [0.3, 0.4) is 0 Å². The summed E-state index contributed by atoms with van der Waals surface area (Å²) >= 11 is 0. The zero-order valence-corrected chi connectivity index (χ0v) is 12.0. The molecular weight excluding hydrogens is 266 g/mol. The van der Waals surface area contributed by atoms with Crippen molar-refractivity contribution in [2.24, 2.45) is 23.7 Å². The van der Waals surface area contributed by atoms with Gasteiger partial charge in [0.1, 0.15) is 0 Å². The first-order valence-corrected chi connectivity index (χ1v) is 7.41. The van der Waals surface area contributed by atoms with Crippen LogP contribution in [0.1, 0.15) is 18.9 Å². The third-order valence-corrected chi connectivity index (χ3v) is 4.68. The van der Waals surface area contributed by atoms with Crippen LogP contribution in [0.25, 0.3) is 0 Å². The summed E-state index contributed by atoms with van der Waals surface area (Å²) in [5, 5.41) is 12.2. The SMILES string of the molecule is CCc1ccc(NC(=O)C2C3C=CC(C3)C2C(=O)O)cc1. The number of allylic oxidation sites excluding steroid dienone is 2. The maximum Gasteiger partial charge on any atom is 0.307 e. The second-order valence-corrected chi connectivity index (χ2v) is 5.88. The Morgan fingerprint density at radius 1 is 1.14 bits per heavy atom. The number of carboxylic acid groups (broad SMARTS) is 1. The average molecular weight is 285 g/mol. The predicted octanol–water partition coefficient (Wildman–Crippen LogP) is 2.71. The highest BCUT2D eigenvalue weighted by atomic mass is 16.4. The zero-order chi connectivity index (χ0) is 15.0. The monoisotopic (exact) mass is 285 g/mol. The van der Waals surface area contributed by atoms with E-state index in [0.29, 0.717) is 0 Å². The van der Waals surface area contributed by atoms with E-state index in [1.807, 2.05) is 36.4 Å². The first-order valence-electron chi connectivity index (χ1n) is 7.41. The zero-order valence-electron chi connectivity index (χ0n) is 12.0. The number of rotatable bonds is 4. The Hall–Kier alpha value is -2.10. The number of carbonyl (C=O) groups excluding carboxylic acids is 1. The summed E-state index contributed by atoms with van der Waals surface area (Å²) < 4.78 is 0. The van der Waals surface area contributed by atoms with E-state index in [9.17, 15) is 14.7 Å². The molecule has 4 nitrogen and oxygen atoms in total. The highest BCUT2D eigenvalue weighted by molar-refractivity contribution is 5.96. The Labute approximate surface area is 123 Å². The van der Waals surface area contributed by atoms with Crippen LogP contribution < -0.4 is 5.32 Å². The Morgan fingerprint density at radius 3 is 2.33 bits per heavy atom. The lowest BCUT2D eigenvalue weighted by Crippen LogP contribution is -2.36. The molecule has 4 unspecified atom stereocenters. The normalized spacial score (nSPS) is 29.6. The highest BCUT2D eigenvalue weighted by Crippen LogP contribution is 2.48. The van der Waals surface area contributed by atoms with Crippen molar-refractivity contribution in [1.29, 1.82) is 0 Å². The fraction of sp³-hybridized carbons (Fsp3) is 0.412. The van der Waals surface area contributed by atoms with E-state index in [1.165, 1.54) is 5.56 Å². The molecule has 1 saturated carbocycles. The van der Waals surface area contributed by atoms with Gasteiger partial charge in [0, 0.05) is 5.69 Å². The number of hydrogen-bond acceptors (Lipinski definition) is 2. The molecule has 3 rings (SSSR count). The molecule has 2 N–H and O–H groups in total. The molecule has 2 aliphatic carbocycles. The summed E-state index contributed by atoms with van der Waals surface area (Å²) in [4.78, 5) is 23.9. The number of aryl methyl sites for hydroxylation is 1. The van der Waals surface area contributed by atoms with Gasteiger partial charge in [0.25, 0.3) is 0 Å². The Balaban J connectivity index is 1.75. The summed E-state index contributed by atoms with van der Waals surface area (Å²) in [5.41, 5.74) is 1.94. The molecule has 1 amide bonds. The van der Waals surface area contributed by atoms with Crippen molar-refractivity contribution in [3.8, 4) is 0 Å². The van der Waals surface area contributed by atoms with Crippen LogP contribution in [0, 0.1) is 23.7 Å². The molecule has 0 radical (unpaired) electrons. The van der Waals surface area contributed by atoms with Crippen molar-refractivity contribution < 1.29 is 14.7 Å². The van der Waals surface area contributed by atoms with Gasteiger partial charge in [-0.3, -0.25) is 9.59 Å². The molecule has 0 aromatic heterocycles. The lowest BCUT2D eigenvalue weighted by molar-refractivity contribution is -0.146. The summed E-state index contributed by atoms with van der Waals surface area (Å²) in [6.07, 6.45) is 5.67. The van der Waals surface area contributed by atoms with E-state index in [0.717, 1.165) is 18.5 Å². The molecule has 2 aliphatic rings. The van der Waals surface area contributed by atoms with E-state index in [4.69, 9.17) is 0 Å². The molecular formula is C17H19NO3. The van der Waals surface area contributed by atoms with E-state index < -0.39 is 17.8 Å². The fourth-order valence-corrected chi connectivity index (χ4v) is 3.57. The number of benzene rings is 1. The van der Waals surface area contributed by atoms with Crippen molar-refractivity contribution in [2.75, 3.05) is 5.32 Å². The number of nitrogens with one attached hydrogen (secondary N) is 1. The van der Waals surface area contributed by atoms with Gasteiger partial charge in [-0.1, -0.05) is 31.2 Å². The first-order chi connectivity index (χ1) is 10.1. The summed E-state index contributed by atoms with van der Waals surface area (Å²) in [5.74, 6) is -2.02. The van der Waals surface area contributed by atoms with Crippen molar-refractivity contribution in [3.05, 3.63) is 42.0 Å². The summed E-state index contributed by atoms with van der Waals surface area (Å²) in [6.45, 7) is 2.08. The van der Waals surface area contributed by atoms with Crippen molar-refractivity contribution in [3.63, 3.8) is 0 Å². The second-order valence-electron chi connectivity index (χ2n) is 5.88. The Morgan fingerprint density at radius 2 is 1.76 bits per heavy atom. The smallest absolute Gasteiger partial charge is 0.307 e. The molecule has 1 aromatic carbocycles. The van der Waals surface area contributed by atoms with Gasteiger partial charge in [0.2, 0.25) is 5.91 Å². The molecule has 0 spiro atoms. The topological polar surface area (TPSA) is 66.4 Å². The predicted molar refractivity (Wildman–Crippen MR) is 79.8 cm³/mol. The molecule has 21 heavy (non-hydrogen) atoms. The fourth-order valence-electron chi connectivity index (χ4n) is 3.57. The van der Waals surface area contributed by atoms with Crippen LogP contribution in [0.15, 0.2) is 36.4 Å². The minimum atomic E-state index is -0.867. The first kappa shape index (κ1) is 13.9. The largest absolute Gasteiger partial charge is 0.481 e. The van der Waals surface area contributed by atoms with Gasteiger partial charge in [0.05, 0.1) is 11.8 Å². The maximum atomic E-state index is 12.5. The number of hydrogen-bond donors (Lipinski definition) is 2. The van der Waals surface area contributed by atoms with E-state index in [2.05, 4.69) is 12.2 Å². The Bertz CT molecular complexity index is 591. The Kier molecular flexibility index (Phi) is 3.53.